The van der Waals surface area contributed by atoms with Gasteiger partial charge in [0.2, 0.25) is 5.91 Å². The summed E-state index contributed by atoms with van der Waals surface area (Å²) in [5, 5.41) is 2.96. The molecule has 0 heterocycles. The van der Waals surface area contributed by atoms with Crippen molar-refractivity contribution in [1.29, 1.82) is 0 Å². The first-order valence-electron chi connectivity index (χ1n) is 8.20. The van der Waals surface area contributed by atoms with Gasteiger partial charge in [-0.3, -0.25) is 4.79 Å². The molecule has 0 radical (unpaired) electrons. The van der Waals surface area contributed by atoms with Crippen molar-refractivity contribution in [2.75, 3.05) is 20.8 Å². The van der Waals surface area contributed by atoms with E-state index in [1.165, 1.54) is 11.6 Å². The highest BCUT2D eigenvalue weighted by atomic mass is 16.5. The molecule has 0 bridgehead atoms. The summed E-state index contributed by atoms with van der Waals surface area (Å²) in [6, 6.07) is 15.6. The van der Waals surface area contributed by atoms with E-state index in [1.807, 2.05) is 36.4 Å². The van der Waals surface area contributed by atoms with E-state index in [9.17, 15) is 4.79 Å². The number of benzene rings is 2. The highest BCUT2D eigenvalue weighted by Crippen LogP contribution is 2.25. The number of ether oxygens (including phenoxy) is 2. The number of rotatable bonds is 7. The van der Waals surface area contributed by atoms with E-state index in [1.54, 1.807) is 20.3 Å². The number of hydrogen-bond acceptors (Lipinski definition) is 3. The van der Waals surface area contributed by atoms with Crippen LogP contribution in [0, 0.1) is 0 Å². The van der Waals surface area contributed by atoms with Crippen LogP contribution in [0.3, 0.4) is 0 Å². The predicted molar refractivity (Wildman–Crippen MR) is 101 cm³/mol. The van der Waals surface area contributed by atoms with Crippen LogP contribution in [-0.2, 0) is 10.2 Å². The minimum atomic E-state index is -0.145. The third-order valence-corrected chi connectivity index (χ3v) is 4.11. The molecule has 1 amide bonds. The van der Waals surface area contributed by atoms with E-state index in [0.29, 0.717) is 18.0 Å². The third kappa shape index (κ3) is 5.11. The molecule has 0 saturated heterocycles. The molecular formula is C21H25NO3. The third-order valence-electron chi connectivity index (χ3n) is 4.11. The first kappa shape index (κ1) is 18.6. The first-order valence-corrected chi connectivity index (χ1v) is 8.20. The SMILES string of the molecule is COc1ccc(OC)c(/C=C/C(=O)NCC(C)(C)c2ccccc2)c1. The number of carbonyl (C=O) groups excluding carboxylic acids is 1. The molecule has 0 unspecified atom stereocenters. The maximum atomic E-state index is 12.2. The zero-order valence-corrected chi connectivity index (χ0v) is 15.2. The van der Waals surface area contributed by atoms with Gasteiger partial charge >= 0.3 is 0 Å². The molecule has 2 aromatic carbocycles. The predicted octanol–water partition coefficient (Wildman–Crippen LogP) is 3.81. The Morgan fingerprint density at radius 2 is 1.80 bits per heavy atom. The van der Waals surface area contributed by atoms with Crippen molar-refractivity contribution >= 4 is 12.0 Å². The van der Waals surface area contributed by atoms with Crippen molar-refractivity contribution in [1.82, 2.24) is 5.32 Å². The molecule has 0 aromatic heterocycles. The summed E-state index contributed by atoms with van der Waals surface area (Å²) in [5.74, 6) is 1.26. The second kappa shape index (κ2) is 8.38. The van der Waals surface area contributed by atoms with Crippen molar-refractivity contribution < 1.29 is 14.3 Å². The lowest BCUT2D eigenvalue weighted by atomic mass is 9.84. The van der Waals surface area contributed by atoms with Crippen LogP contribution >= 0.6 is 0 Å². The van der Waals surface area contributed by atoms with E-state index in [-0.39, 0.29) is 11.3 Å². The molecule has 4 nitrogen and oxygen atoms in total. The van der Waals surface area contributed by atoms with Gasteiger partial charge in [0.15, 0.2) is 0 Å². The fraction of sp³-hybridized carbons (Fsp3) is 0.286. The van der Waals surface area contributed by atoms with Crippen LogP contribution in [0.25, 0.3) is 6.08 Å². The standard InChI is InChI=1S/C21H25NO3/c1-21(2,17-8-6-5-7-9-17)15-22-20(23)13-10-16-14-18(24-3)11-12-19(16)25-4/h5-14H,15H2,1-4H3,(H,22,23)/b13-10+. The van der Waals surface area contributed by atoms with E-state index in [2.05, 4.69) is 31.3 Å². The van der Waals surface area contributed by atoms with Gasteiger partial charge in [0.25, 0.3) is 0 Å². The van der Waals surface area contributed by atoms with Crippen LogP contribution in [-0.4, -0.2) is 26.7 Å². The molecule has 0 fully saturated rings. The number of amides is 1. The summed E-state index contributed by atoms with van der Waals surface area (Å²) >= 11 is 0. The van der Waals surface area contributed by atoms with Crippen LogP contribution in [0.5, 0.6) is 11.5 Å². The summed E-state index contributed by atoms with van der Waals surface area (Å²) in [6.45, 7) is 4.77. The molecule has 0 aliphatic rings. The molecule has 0 atom stereocenters. The molecule has 132 valence electrons. The average Bonchev–Trinajstić information content (AvgIpc) is 2.65. The summed E-state index contributed by atoms with van der Waals surface area (Å²) in [6.07, 6.45) is 3.24. The van der Waals surface area contributed by atoms with Crippen molar-refractivity contribution in [2.24, 2.45) is 0 Å². The fourth-order valence-electron chi connectivity index (χ4n) is 2.49. The highest BCUT2D eigenvalue weighted by Gasteiger charge is 2.20. The zero-order chi connectivity index (χ0) is 18.3. The molecule has 1 N–H and O–H groups in total. The van der Waals surface area contributed by atoms with Gasteiger partial charge in [0, 0.05) is 23.6 Å². The summed E-state index contributed by atoms with van der Waals surface area (Å²) < 4.78 is 10.5. The van der Waals surface area contributed by atoms with Gasteiger partial charge in [-0.1, -0.05) is 44.2 Å². The minimum Gasteiger partial charge on any atom is -0.497 e. The van der Waals surface area contributed by atoms with Crippen molar-refractivity contribution in [2.45, 2.75) is 19.3 Å². The van der Waals surface area contributed by atoms with Crippen molar-refractivity contribution in [3.05, 3.63) is 65.7 Å². The Balaban J connectivity index is 2.02. The van der Waals surface area contributed by atoms with Gasteiger partial charge in [-0.2, -0.15) is 0 Å². The lowest BCUT2D eigenvalue weighted by Gasteiger charge is -2.25. The van der Waals surface area contributed by atoms with Crippen LogP contribution in [0.4, 0.5) is 0 Å². The van der Waals surface area contributed by atoms with Crippen molar-refractivity contribution in [3.63, 3.8) is 0 Å². The van der Waals surface area contributed by atoms with E-state index in [0.717, 1.165) is 5.56 Å². The van der Waals surface area contributed by atoms with Crippen LogP contribution in [0.2, 0.25) is 0 Å². The van der Waals surface area contributed by atoms with Gasteiger partial charge in [-0.25, -0.2) is 0 Å². The number of hydrogen-bond donors (Lipinski definition) is 1. The van der Waals surface area contributed by atoms with Gasteiger partial charge in [0.05, 0.1) is 14.2 Å². The van der Waals surface area contributed by atoms with Crippen LogP contribution < -0.4 is 14.8 Å². The maximum absolute atomic E-state index is 12.2. The quantitative estimate of drug-likeness (QED) is 0.780. The molecule has 0 saturated carbocycles. The van der Waals surface area contributed by atoms with E-state index < -0.39 is 0 Å². The smallest absolute Gasteiger partial charge is 0.244 e. The summed E-state index contributed by atoms with van der Waals surface area (Å²) in [4.78, 5) is 12.2. The van der Waals surface area contributed by atoms with Gasteiger partial charge in [-0.05, 0) is 29.8 Å². The molecule has 0 aliphatic heterocycles. The Morgan fingerprint density at radius 1 is 1.08 bits per heavy atom. The summed E-state index contributed by atoms with van der Waals surface area (Å²) in [7, 11) is 3.20. The van der Waals surface area contributed by atoms with Crippen LogP contribution in [0.15, 0.2) is 54.6 Å². The second-order valence-electron chi connectivity index (χ2n) is 6.41. The molecule has 25 heavy (non-hydrogen) atoms. The molecule has 0 spiro atoms. The normalized spacial score (nSPS) is 11.4. The monoisotopic (exact) mass is 339 g/mol. The number of carbonyl (C=O) groups is 1. The molecule has 2 rings (SSSR count). The lowest BCUT2D eigenvalue weighted by molar-refractivity contribution is -0.116. The fourth-order valence-corrected chi connectivity index (χ4v) is 2.49. The van der Waals surface area contributed by atoms with E-state index in [4.69, 9.17) is 9.47 Å². The molecular weight excluding hydrogens is 314 g/mol. The van der Waals surface area contributed by atoms with Crippen molar-refractivity contribution in [3.8, 4) is 11.5 Å². The highest BCUT2D eigenvalue weighted by molar-refractivity contribution is 5.92. The van der Waals surface area contributed by atoms with Crippen LogP contribution in [0.1, 0.15) is 25.0 Å². The largest absolute Gasteiger partial charge is 0.497 e. The van der Waals surface area contributed by atoms with Gasteiger partial charge in [0.1, 0.15) is 11.5 Å². The lowest BCUT2D eigenvalue weighted by Crippen LogP contribution is -2.35. The Kier molecular flexibility index (Phi) is 6.23. The maximum Gasteiger partial charge on any atom is 0.244 e. The second-order valence-corrected chi connectivity index (χ2v) is 6.41. The average molecular weight is 339 g/mol. The Hall–Kier alpha value is -2.75. The Bertz CT molecular complexity index is 736. The molecule has 4 heteroatoms. The number of methoxy groups -OCH3 is 2. The molecule has 2 aromatic rings. The topological polar surface area (TPSA) is 47.6 Å². The Morgan fingerprint density at radius 3 is 2.44 bits per heavy atom. The minimum absolute atomic E-state index is 0.140. The number of nitrogens with one attached hydrogen (secondary N) is 1. The first-order chi connectivity index (χ1) is 12.0. The van der Waals surface area contributed by atoms with E-state index >= 15 is 0 Å². The zero-order valence-electron chi connectivity index (χ0n) is 15.2. The molecule has 0 aliphatic carbocycles. The van der Waals surface area contributed by atoms with Gasteiger partial charge in [-0.15, -0.1) is 0 Å². The summed E-state index contributed by atoms with van der Waals surface area (Å²) in [5.41, 5.74) is 1.84. The van der Waals surface area contributed by atoms with Gasteiger partial charge < -0.3 is 14.8 Å². The Labute approximate surface area is 149 Å².